The van der Waals surface area contributed by atoms with Crippen molar-refractivity contribution in [1.82, 2.24) is 24.3 Å². The van der Waals surface area contributed by atoms with Gasteiger partial charge in [-0.05, 0) is 92.7 Å². The van der Waals surface area contributed by atoms with Crippen LogP contribution in [0.15, 0.2) is 16.6 Å². The number of aromatic nitrogens is 2. The number of carbonyl (C=O) groups is 2. The first kappa shape index (κ1) is 30.2. The highest BCUT2D eigenvalue weighted by atomic mass is 79.9. The van der Waals surface area contributed by atoms with Crippen molar-refractivity contribution in [2.24, 2.45) is 5.92 Å². The summed E-state index contributed by atoms with van der Waals surface area (Å²) in [7, 11) is 2.09. The van der Waals surface area contributed by atoms with E-state index in [9.17, 15) is 20.0 Å². The van der Waals surface area contributed by atoms with Gasteiger partial charge in [-0.2, -0.15) is 5.26 Å². The van der Waals surface area contributed by atoms with Crippen LogP contribution in [-0.2, 0) is 17.6 Å². The summed E-state index contributed by atoms with van der Waals surface area (Å²) in [5.41, 5.74) is 2.49. The number of benzene rings is 1. The fraction of sp³-hybridized carbons (Fsp3) is 0.576. The number of likely N-dealkylation sites (tertiary alicyclic amines) is 2. The normalized spacial score (nSPS) is 25.0. The number of nitrogens with zero attached hydrogens (tertiary/aromatic N) is 6. The molecule has 1 aliphatic carbocycles. The molecule has 2 aromatic heterocycles. The van der Waals surface area contributed by atoms with Crippen LogP contribution in [0.3, 0.4) is 0 Å². The van der Waals surface area contributed by atoms with Crippen LogP contribution >= 0.6 is 15.9 Å². The van der Waals surface area contributed by atoms with Gasteiger partial charge < -0.3 is 24.2 Å². The van der Waals surface area contributed by atoms with Gasteiger partial charge in [0, 0.05) is 55.5 Å². The minimum absolute atomic E-state index is 0.105. The summed E-state index contributed by atoms with van der Waals surface area (Å²) in [6.07, 6.45) is 4.14. The van der Waals surface area contributed by atoms with Crippen molar-refractivity contribution in [1.29, 1.82) is 5.26 Å². The van der Waals surface area contributed by atoms with E-state index in [2.05, 4.69) is 38.5 Å². The van der Waals surface area contributed by atoms with Gasteiger partial charge >= 0.3 is 6.09 Å². The maximum absolute atomic E-state index is 16.3. The topological polar surface area (TPSA) is 115 Å². The average molecular weight is 682 g/mol. The van der Waals surface area contributed by atoms with Crippen molar-refractivity contribution in [2.75, 3.05) is 33.2 Å². The van der Waals surface area contributed by atoms with Gasteiger partial charge in [0.2, 0.25) is 11.8 Å². The van der Waals surface area contributed by atoms with Gasteiger partial charge in [0.05, 0.1) is 33.5 Å². The van der Waals surface area contributed by atoms with E-state index in [0.29, 0.717) is 42.6 Å². The van der Waals surface area contributed by atoms with E-state index in [1.165, 1.54) is 4.90 Å². The van der Waals surface area contributed by atoms with Gasteiger partial charge in [-0.25, -0.2) is 14.2 Å². The summed E-state index contributed by atoms with van der Waals surface area (Å²) in [5.74, 6) is 0.0528. The lowest BCUT2D eigenvalue weighted by molar-refractivity contribution is -0.134. The van der Waals surface area contributed by atoms with Crippen molar-refractivity contribution in [3.05, 3.63) is 33.7 Å². The predicted octanol–water partition coefficient (Wildman–Crippen LogP) is 5.50. The molecule has 4 saturated heterocycles. The van der Waals surface area contributed by atoms with Crippen molar-refractivity contribution >= 4 is 49.7 Å². The van der Waals surface area contributed by atoms with Crippen LogP contribution in [0.5, 0.6) is 5.88 Å². The van der Waals surface area contributed by atoms with E-state index in [-0.39, 0.29) is 52.5 Å². The molecule has 45 heavy (non-hydrogen) atoms. The number of carbonyl (C=O) groups excluding carboxylic acids is 1. The smallest absolute Gasteiger partial charge is 0.407 e. The van der Waals surface area contributed by atoms with Crippen LogP contribution in [0.4, 0.5) is 9.18 Å². The summed E-state index contributed by atoms with van der Waals surface area (Å²) in [4.78, 5) is 35.6. The van der Waals surface area contributed by atoms with Gasteiger partial charge in [0.25, 0.3) is 0 Å². The molecule has 0 spiro atoms. The Morgan fingerprint density at radius 2 is 2.02 bits per heavy atom. The molecule has 1 N–H and O–H groups in total. The zero-order valence-corrected chi connectivity index (χ0v) is 27.2. The van der Waals surface area contributed by atoms with Crippen LogP contribution in [0.25, 0.3) is 21.8 Å². The number of carboxylic acid groups (broad SMARTS) is 1. The molecule has 4 aliphatic heterocycles. The maximum Gasteiger partial charge on any atom is 0.407 e. The molecule has 238 valence electrons. The lowest BCUT2D eigenvalue weighted by Gasteiger charge is -2.39. The van der Waals surface area contributed by atoms with Crippen molar-refractivity contribution < 1.29 is 23.8 Å². The molecule has 0 radical (unpaired) electrons. The van der Waals surface area contributed by atoms with E-state index >= 15 is 4.39 Å². The minimum atomic E-state index is -0.935. The van der Waals surface area contributed by atoms with Crippen molar-refractivity contribution in [3.8, 4) is 11.9 Å². The Bertz CT molecular complexity index is 1730. The highest BCUT2D eigenvalue weighted by Crippen LogP contribution is 2.53. The highest BCUT2D eigenvalue weighted by Gasteiger charge is 2.55. The van der Waals surface area contributed by atoms with Crippen molar-refractivity contribution in [2.45, 2.75) is 82.5 Å². The molecule has 10 nitrogen and oxygen atoms in total. The van der Waals surface area contributed by atoms with Crippen LogP contribution in [0, 0.1) is 23.1 Å². The van der Waals surface area contributed by atoms with E-state index in [1.807, 2.05) is 24.0 Å². The Balaban J connectivity index is 1.42. The van der Waals surface area contributed by atoms with Crippen LogP contribution in [0.2, 0.25) is 0 Å². The standard InChI is InChI=1S/C33H38BrFN6O4/c1-18(24-7-4-11-38(24)2)45-32-23-16-21(8-9-26(42)39-12-5-13-39)41(30-20-15-25(30)40(17-20)33(43)44)31(23)22-14-19(6-3-10-36)27(34)28(35)29(22)37-32/h14,16,18,20,24-25,30H,3-9,11-13,15,17H2,1-2H3,(H,43,44)/t18?,20-,24+,25-,30+/m1/s1. The second-order valence-electron chi connectivity index (χ2n) is 13.1. The molecule has 1 aromatic carbocycles. The van der Waals surface area contributed by atoms with E-state index in [0.717, 1.165) is 61.9 Å². The molecule has 2 amide bonds. The Morgan fingerprint density at radius 3 is 2.67 bits per heavy atom. The third-order valence-corrected chi connectivity index (χ3v) is 11.5. The Hall–Kier alpha value is -3.43. The predicted molar refractivity (Wildman–Crippen MR) is 170 cm³/mol. The molecule has 2 bridgehead atoms. The first-order chi connectivity index (χ1) is 21.7. The van der Waals surface area contributed by atoms with Crippen LogP contribution in [0.1, 0.15) is 62.7 Å². The summed E-state index contributed by atoms with van der Waals surface area (Å²) >= 11 is 3.44. The number of hydrogen-bond donors (Lipinski definition) is 1. The second kappa shape index (κ2) is 11.7. The molecule has 8 rings (SSSR count). The number of ether oxygens (including phenoxy) is 1. The maximum atomic E-state index is 16.3. The van der Waals surface area contributed by atoms with Gasteiger partial charge in [-0.3, -0.25) is 9.69 Å². The number of halogens is 2. The van der Waals surface area contributed by atoms with Crippen LogP contribution < -0.4 is 4.74 Å². The molecule has 5 aliphatic rings. The summed E-state index contributed by atoms with van der Waals surface area (Å²) in [5, 5.41) is 20.6. The largest absolute Gasteiger partial charge is 0.472 e. The molecular formula is C33H38BrFN6O4. The summed E-state index contributed by atoms with van der Waals surface area (Å²) < 4.78 is 25.3. The third kappa shape index (κ3) is 5.03. The molecule has 1 saturated carbocycles. The van der Waals surface area contributed by atoms with Crippen LogP contribution in [-0.4, -0.2) is 92.8 Å². The lowest BCUT2D eigenvalue weighted by Crippen LogP contribution is -2.43. The number of aryl methyl sites for hydroxylation is 2. The quantitative estimate of drug-likeness (QED) is 0.318. The SMILES string of the molecule is CC(Oc1nc2c(F)c(Br)c(CCC#N)cc2c2c1cc(CCC(=O)N1CCC1)n2[C@H]1[C@@H]2C[C@H]1N(C(=O)O)C2)[C@@H]1CCCN1C. The van der Waals surface area contributed by atoms with E-state index in [1.54, 1.807) is 0 Å². The number of likely N-dealkylation sites (N-methyl/N-ethyl adjacent to an activating group) is 1. The number of pyridine rings is 1. The number of amides is 2. The zero-order chi connectivity index (χ0) is 31.6. The molecule has 1 unspecified atom stereocenters. The number of nitriles is 1. The molecule has 6 heterocycles. The fourth-order valence-corrected chi connectivity index (χ4v) is 8.57. The lowest BCUT2D eigenvalue weighted by atomic mass is 9.79. The zero-order valence-electron chi connectivity index (χ0n) is 25.6. The monoisotopic (exact) mass is 680 g/mol. The van der Waals surface area contributed by atoms with Crippen molar-refractivity contribution in [3.63, 3.8) is 0 Å². The molecule has 5 fully saturated rings. The Morgan fingerprint density at radius 1 is 1.22 bits per heavy atom. The number of fused-ring (bicyclic) bond motifs is 4. The molecular weight excluding hydrogens is 643 g/mol. The first-order valence-corrected chi connectivity index (χ1v) is 16.8. The second-order valence-corrected chi connectivity index (χ2v) is 13.9. The van der Waals surface area contributed by atoms with Gasteiger partial charge in [0.15, 0.2) is 5.82 Å². The molecule has 3 aromatic rings. The van der Waals surface area contributed by atoms with E-state index in [4.69, 9.17) is 9.72 Å². The highest BCUT2D eigenvalue weighted by molar-refractivity contribution is 9.10. The van der Waals surface area contributed by atoms with Gasteiger partial charge in [0.1, 0.15) is 11.6 Å². The van der Waals surface area contributed by atoms with Gasteiger partial charge in [-0.15, -0.1) is 0 Å². The fourth-order valence-electron chi connectivity index (χ4n) is 8.07. The summed E-state index contributed by atoms with van der Waals surface area (Å²) in [6, 6.07) is 5.95. The number of rotatable bonds is 9. The molecule has 12 heteroatoms. The third-order valence-electron chi connectivity index (χ3n) is 10.6. The Kier molecular flexibility index (Phi) is 7.89. The average Bonchev–Trinajstić information content (AvgIpc) is 3.76. The molecule has 5 atom stereocenters. The number of hydrogen-bond acceptors (Lipinski definition) is 6. The minimum Gasteiger partial charge on any atom is -0.472 e. The van der Waals surface area contributed by atoms with Gasteiger partial charge in [-0.1, -0.05) is 0 Å². The van der Waals surface area contributed by atoms with E-state index < -0.39 is 11.9 Å². The first-order valence-electron chi connectivity index (χ1n) is 16.0. The Labute approximate surface area is 269 Å². The summed E-state index contributed by atoms with van der Waals surface area (Å²) in [6.45, 7) is 5.02.